The molecule has 2 saturated heterocycles. The van der Waals surface area contributed by atoms with E-state index in [0.717, 1.165) is 19.0 Å². The van der Waals surface area contributed by atoms with Crippen molar-refractivity contribution in [3.05, 3.63) is 18.0 Å². The average molecular weight is 359 g/mol. The van der Waals surface area contributed by atoms with Crippen LogP contribution >= 0.6 is 0 Å². The zero-order chi connectivity index (χ0) is 18.0. The number of anilines is 1. The molecule has 7 nitrogen and oxygen atoms in total. The molecule has 3 heterocycles. The minimum Gasteiger partial charge on any atom is -0.341 e. The van der Waals surface area contributed by atoms with Gasteiger partial charge in [0.2, 0.25) is 5.95 Å². The van der Waals surface area contributed by atoms with E-state index in [1.807, 2.05) is 0 Å². The zero-order valence-electron chi connectivity index (χ0n) is 15.4. The van der Waals surface area contributed by atoms with Crippen LogP contribution < -0.4 is 10.4 Å². The number of carbonyl (C=O) groups is 1. The fraction of sp³-hybridized carbons (Fsp3) is 0.737. The lowest BCUT2D eigenvalue weighted by Gasteiger charge is -2.55. The first-order chi connectivity index (χ1) is 12.7. The maximum Gasteiger partial charge on any atom is 0.277 e. The van der Waals surface area contributed by atoms with Crippen LogP contribution in [0.15, 0.2) is 12.4 Å². The second-order valence-corrected chi connectivity index (χ2v) is 8.37. The summed E-state index contributed by atoms with van der Waals surface area (Å²) in [4.78, 5) is 24.8. The van der Waals surface area contributed by atoms with Crippen LogP contribution in [0, 0.1) is 11.3 Å². The third-order valence-corrected chi connectivity index (χ3v) is 6.47. The number of aromatic nitrogens is 2. The smallest absolute Gasteiger partial charge is 0.277 e. The van der Waals surface area contributed by atoms with Gasteiger partial charge in [0.15, 0.2) is 0 Å². The van der Waals surface area contributed by atoms with E-state index in [4.69, 9.17) is 5.21 Å². The van der Waals surface area contributed by atoms with E-state index in [1.165, 1.54) is 77.0 Å². The van der Waals surface area contributed by atoms with Crippen LogP contribution in [0.1, 0.15) is 55.3 Å². The molecule has 1 aromatic rings. The Labute approximate surface area is 154 Å². The third kappa shape index (κ3) is 3.69. The Bertz CT molecular complexity index is 613. The molecule has 1 amide bonds. The van der Waals surface area contributed by atoms with Gasteiger partial charge in [0.25, 0.3) is 5.91 Å². The Morgan fingerprint density at radius 3 is 2.42 bits per heavy atom. The maximum atomic E-state index is 11.3. The van der Waals surface area contributed by atoms with Gasteiger partial charge in [-0.1, -0.05) is 19.3 Å². The number of hydrogen-bond acceptors (Lipinski definition) is 6. The van der Waals surface area contributed by atoms with E-state index in [-0.39, 0.29) is 5.56 Å². The molecule has 1 aromatic heterocycles. The quantitative estimate of drug-likeness (QED) is 0.633. The normalized spacial score (nSPS) is 23.7. The molecule has 3 fully saturated rings. The predicted molar refractivity (Wildman–Crippen MR) is 98.2 cm³/mol. The van der Waals surface area contributed by atoms with Crippen LogP contribution in [0.5, 0.6) is 0 Å². The molecule has 0 unspecified atom stereocenters. The second-order valence-electron chi connectivity index (χ2n) is 8.37. The van der Waals surface area contributed by atoms with E-state index in [0.29, 0.717) is 11.4 Å². The number of nitrogens with one attached hydrogen (secondary N) is 1. The number of rotatable bonds is 4. The zero-order valence-corrected chi connectivity index (χ0v) is 15.4. The summed E-state index contributed by atoms with van der Waals surface area (Å²) in [6.45, 7) is 5.77. The van der Waals surface area contributed by atoms with Gasteiger partial charge in [0.05, 0.1) is 5.56 Å². The highest BCUT2D eigenvalue weighted by Gasteiger charge is 2.45. The highest BCUT2D eigenvalue weighted by molar-refractivity contribution is 5.92. The third-order valence-electron chi connectivity index (χ3n) is 6.47. The molecule has 0 bridgehead atoms. The number of amides is 1. The van der Waals surface area contributed by atoms with Crippen molar-refractivity contribution in [3.8, 4) is 0 Å². The van der Waals surface area contributed by atoms with Crippen molar-refractivity contribution < 1.29 is 10.0 Å². The van der Waals surface area contributed by atoms with E-state index in [1.54, 1.807) is 5.48 Å². The van der Waals surface area contributed by atoms with Gasteiger partial charge in [-0.25, -0.2) is 15.4 Å². The Kier molecular flexibility index (Phi) is 5.09. The summed E-state index contributed by atoms with van der Waals surface area (Å²) >= 11 is 0. The summed E-state index contributed by atoms with van der Waals surface area (Å²) in [5, 5.41) is 8.65. The Morgan fingerprint density at radius 2 is 1.81 bits per heavy atom. The number of hydroxylamine groups is 1. The van der Waals surface area contributed by atoms with Crippen molar-refractivity contribution in [2.45, 2.75) is 44.9 Å². The van der Waals surface area contributed by atoms with Crippen molar-refractivity contribution in [2.24, 2.45) is 11.3 Å². The fourth-order valence-corrected chi connectivity index (χ4v) is 4.93. The Hall–Kier alpha value is -1.73. The largest absolute Gasteiger partial charge is 0.341 e. The second kappa shape index (κ2) is 7.48. The molecule has 7 heteroatoms. The minimum atomic E-state index is -0.582. The van der Waals surface area contributed by atoms with E-state index >= 15 is 0 Å². The molecule has 26 heavy (non-hydrogen) atoms. The standard InChI is InChI=1S/C19H29N5O2/c25-17(22-26)16-10-20-18(21-11-16)24-8-6-19(7-9-24)13-23(14-19)12-15-4-2-1-3-5-15/h10-11,15,26H,1-9,12-14H2,(H,22,25). The van der Waals surface area contributed by atoms with Gasteiger partial charge in [-0.15, -0.1) is 0 Å². The highest BCUT2D eigenvalue weighted by atomic mass is 16.5. The maximum absolute atomic E-state index is 11.3. The van der Waals surface area contributed by atoms with Gasteiger partial charge in [-0.3, -0.25) is 10.0 Å². The highest BCUT2D eigenvalue weighted by Crippen LogP contribution is 2.41. The first-order valence-corrected chi connectivity index (χ1v) is 9.91. The first-order valence-electron chi connectivity index (χ1n) is 9.91. The van der Waals surface area contributed by atoms with Gasteiger partial charge in [-0.05, 0) is 37.0 Å². The number of hydrogen-bond donors (Lipinski definition) is 2. The fourth-order valence-electron chi connectivity index (χ4n) is 4.93. The van der Waals surface area contributed by atoms with Crippen molar-refractivity contribution in [1.82, 2.24) is 20.3 Å². The lowest BCUT2D eigenvalue weighted by atomic mass is 9.71. The SMILES string of the molecule is O=C(NO)c1cnc(N2CCC3(CC2)CN(CC2CCCCC2)C3)nc1. The van der Waals surface area contributed by atoms with E-state index in [9.17, 15) is 4.79 Å². The summed E-state index contributed by atoms with van der Waals surface area (Å²) in [5.74, 6) is 1.03. The molecule has 1 spiro atoms. The molecule has 0 radical (unpaired) electrons. The van der Waals surface area contributed by atoms with Gasteiger partial charge in [0, 0.05) is 45.1 Å². The van der Waals surface area contributed by atoms with Crippen molar-refractivity contribution in [3.63, 3.8) is 0 Å². The molecule has 2 aliphatic heterocycles. The first kappa shape index (κ1) is 17.7. The van der Waals surface area contributed by atoms with Crippen molar-refractivity contribution >= 4 is 11.9 Å². The van der Waals surface area contributed by atoms with Gasteiger partial charge < -0.3 is 9.80 Å². The molecule has 1 aliphatic carbocycles. The molecule has 0 aromatic carbocycles. The average Bonchev–Trinajstić information content (AvgIpc) is 2.68. The van der Waals surface area contributed by atoms with Crippen LogP contribution in [-0.2, 0) is 0 Å². The number of likely N-dealkylation sites (tertiary alicyclic amines) is 1. The van der Waals surface area contributed by atoms with Crippen LogP contribution in [0.2, 0.25) is 0 Å². The lowest BCUT2D eigenvalue weighted by Crippen LogP contribution is -2.61. The molecule has 3 aliphatic rings. The van der Waals surface area contributed by atoms with Crippen LogP contribution in [0.25, 0.3) is 0 Å². The number of piperidine rings is 1. The Balaban J connectivity index is 1.25. The minimum absolute atomic E-state index is 0.266. The summed E-state index contributed by atoms with van der Waals surface area (Å²) < 4.78 is 0. The molecule has 2 N–H and O–H groups in total. The van der Waals surface area contributed by atoms with E-state index in [2.05, 4.69) is 19.8 Å². The molecular weight excluding hydrogens is 330 g/mol. The van der Waals surface area contributed by atoms with Crippen molar-refractivity contribution in [1.29, 1.82) is 0 Å². The van der Waals surface area contributed by atoms with Gasteiger partial charge in [-0.2, -0.15) is 0 Å². The van der Waals surface area contributed by atoms with Crippen LogP contribution in [-0.4, -0.2) is 58.7 Å². The number of nitrogens with zero attached hydrogens (tertiary/aromatic N) is 4. The summed E-state index contributed by atoms with van der Waals surface area (Å²) in [6, 6.07) is 0. The van der Waals surface area contributed by atoms with Crippen LogP contribution in [0.3, 0.4) is 0 Å². The summed E-state index contributed by atoms with van der Waals surface area (Å²) in [5.41, 5.74) is 2.37. The lowest BCUT2D eigenvalue weighted by molar-refractivity contribution is -0.0304. The van der Waals surface area contributed by atoms with Gasteiger partial charge in [0.1, 0.15) is 0 Å². The summed E-state index contributed by atoms with van der Waals surface area (Å²) in [6.07, 6.45) is 12.5. The molecule has 0 atom stereocenters. The number of carbonyl (C=O) groups excluding carboxylic acids is 1. The van der Waals surface area contributed by atoms with Gasteiger partial charge >= 0.3 is 0 Å². The topological polar surface area (TPSA) is 81.6 Å². The van der Waals surface area contributed by atoms with Crippen molar-refractivity contribution in [2.75, 3.05) is 37.6 Å². The summed E-state index contributed by atoms with van der Waals surface area (Å²) in [7, 11) is 0. The van der Waals surface area contributed by atoms with Crippen LogP contribution in [0.4, 0.5) is 5.95 Å². The molecular formula is C19H29N5O2. The van der Waals surface area contributed by atoms with E-state index < -0.39 is 5.91 Å². The molecule has 142 valence electrons. The molecule has 4 rings (SSSR count). The molecule has 1 saturated carbocycles. The predicted octanol–water partition coefficient (Wildman–Crippen LogP) is 2.08. The monoisotopic (exact) mass is 359 g/mol. The Morgan fingerprint density at radius 1 is 1.15 bits per heavy atom.